The van der Waals surface area contributed by atoms with Crippen molar-refractivity contribution in [2.45, 2.75) is 38.3 Å². The lowest BCUT2D eigenvalue weighted by Crippen LogP contribution is -2.36. The maximum atomic E-state index is 5.75. The van der Waals surface area contributed by atoms with Gasteiger partial charge < -0.3 is 4.74 Å². The molecule has 0 aromatic carbocycles. The lowest BCUT2D eigenvalue weighted by Gasteiger charge is -2.31. The molecule has 5 heteroatoms. The highest BCUT2D eigenvalue weighted by Crippen LogP contribution is 2.18. The molecule has 0 N–H and O–H groups in total. The van der Waals surface area contributed by atoms with Crippen molar-refractivity contribution >= 4 is 22.9 Å². The Labute approximate surface area is 112 Å². The highest BCUT2D eigenvalue weighted by Gasteiger charge is 2.19. The number of halogens is 1. The number of piperidine rings is 1. The van der Waals surface area contributed by atoms with Crippen LogP contribution in [0.5, 0.6) is 0 Å². The van der Waals surface area contributed by atoms with Crippen LogP contribution in [0.25, 0.3) is 0 Å². The smallest absolute Gasteiger partial charge is 0.107 e. The van der Waals surface area contributed by atoms with Gasteiger partial charge in [-0.05, 0) is 19.8 Å². The van der Waals surface area contributed by atoms with Crippen molar-refractivity contribution in [1.29, 1.82) is 0 Å². The summed E-state index contributed by atoms with van der Waals surface area (Å²) in [5, 5.41) is 3.23. The molecule has 1 aliphatic rings. The molecule has 0 atom stereocenters. The Balaban J connectivity index is 1.77. The van der Waals surface area contributed by atoms with Crippen LogP contribution in [-0.2, 0) is 17.2 Å². The molecule has 1 saturated heterocycles. The van der Waals surface area contributed by atoms with Gasteiger partial charge in [0.25, 0.3) is 0 Å². The minimum atomic E-state index is 0.464. The quantitative estimate of drug-likeness (QED) is 0.772. The first-order valence-corrected chi connectivity index (χ1v) is 7.56. The predicted molar refractivity (Wildman–Crippen MR) is 71.6 cm³/mol. The molecule has 0 aliphatic carbocycles. The molecule has 96 valence electrons. The van der Waals surface area contributed by atoms with Crippen molar-refractivity contribution in [3.05, 3.63) is 16.1 Å². The summed E-state index contributed by atoms with van der Waals surface area (Å²) in [5.74, 6) is 0.517. The van der Waals surface area contributed by atoms with Crippen molar-refractivity contribution in [1.82, 2.24) is 9.88 Å². The molecule has 2 rings (SSSR count). The molecular weight excluding hydrogens is 256 g/mol. The Bertz CT molecular complexity index is 337. The largest absolute Gasteiger partial charge is 0.378 e. The second-order valence-corrected chi connectivity index (χ2v) is 5.51. The average molecular weight is 275 g/mol. The van der Waals surface area contributed by atoms with Gasteiger partial charge in [-0.3, -0.25) is 4.90 Å². The topological polar surface area (TPSA) is 25.4 Å². The van der Waals surface area contributed by atoms with E-state index in [1.54, 1.807) is 11.3 Å². The third kappa shape index (κ3) is 3.91. The number of nitrogens with zero attached hydrogens (tertiary/aromatic N) is 2. The highest BCUT2D eigenvalue weighted by molar-refractivity contribution is 7.09. The number of alkyl halides is 1. The van der Waals surface area contributed by atoms with Crippen LogP contribution in [0.15, 0.2) is 5.38 Å². The van der Waals surface area contributed by atoms with Gasteiger partial charge in [0.1, 0.15) is 5.01 Å². The van der Waals surface area contributed by atoms with Gasteiger partial charge in [0.15, 0.2) is 0 Å². The van der Waals surface area contributed by atoms with Crippen LogP contribution in [0.4, 0.5) is 0 Å². The number of likely N-dealkylation sites (tertiary alicyclic amines) is 1. The molecule has 1 aromatic heterocycles. The zero-order chi connectivity index (χ0) is 12.1. The van der Waals surface area contributed by atoms with E-state index in [1.807, 2.05) is 0 Å². The molecule has 0 bridgehead atoms. The van der Waals surface area contributed by atoms with Gasteiger partial charge in [-0.2, -0.15) is 0 Å². The summed E-state index contributed by atoms with van der Waals surface area (Å²) < 4.78 is 5.65. The van der Waals surface area contributed by atoms with Gasteiger partial charge in [-0.1, -0.05) is 0 Å². The Morgan fingerprint density at radius 1 is 1.53 bits per heavy atom. The lowest BCUT2D eigenvalue weighted by molar-refractivity contribution is 0.0125. The number of hydrogen-bond donors (Lipinski definition) is 0. The molecule has 0 saturated carbocycles. The minimum absolute atomic E-state index is 0.464. The number of rotatable bonds is 5. The van der Waals surface area contributed by atoms with E-state index in [4.69, 9.17) is 16.3 Å². The summed E-state index contributed by atoms with van der Waals surface area (Å²) in [6.07, 6.45) is 2.74. The van der Waals surface area contributed by atoms with Crippen molar-refractivity contribution < 1.29 is 4.74 Å². The van der Waals surface area contributed by atoms with Gasteiger partial charge in [-0.15, -0.1) is 22.9 Å². The van der Waals surface area contributed by atoms with E-state index in [9.17, 15) is 0 Å². The third-order valence-electron chi connectivity index (χ3n) is 3.03. The van der Waals surface area contributed by atoms with Crippen molar-refractivity contribution in [3.8, 4) is 0 Å². The van der Waals surface area contributed by atoms with Gasteiger partial charge in [0.2, 0.25) is 0 Å². The van der Waals surface area contributed by atoms with Crippen LogP contribution in [0.2, 0.25) is 0 Å². The van der Waals surface area contributed by atoms with Crippen LogP contribution < -0.4 is 0 Å². The van der Waals surface area contributed by atoms with E-state index >= 15 is 0 Å². The first kappa shape index (κ1) is 13.3. The van der Waals surface area contributed by atoms with E-state index in [2.05, 4.69) is 22.2 Å². The zero-order valence-electron chi connectivity index (χ0n) is 10.2. The normalized spacial score (nSPS) is 18.7. The SMILES string of the molecule is CCOC1CCN(Cc2nc(CCl)cs2)CC1. The van der Waals surface area contributed by atoms with Gasteiger partial charge in [0.05, 0.1) is 24.2 Å². The van der Waals surface area contributed by atoms with Gasteiger partial charge in [-0.25, -0.2) is 4.98 Å². The highest BCUT2D eigenvalue weighted by atomic mass is 35.5. The number of aromatic nitrogens is 1. The van der Waals surface area contributed by atoms with Gasteiger partial charge >= 0.3 is 0 Å². The zero-order valence-corrected chi connectivity index (χ0v) is 11.8. The summed E-state index contributed by atoms with van der Waals surface area (Å²) >= 11 is 7.46. The van der Waals surface area contributed by atoms with Crippen LogP contribution in [0.1, 0.15) is 30.5 Å². The van der Waals surface area contributed by atoms with Crippen molar-refractivity contribution in [3.63, 3.8) is 0 Å². The molecule has 1 fully saturated rings. The molecule has 0 amide bonds. The van der Waals surface area contributed by atoms with E-state index in [-0.39, 0.29) is 0 Å². The summed E-state index contributed by atoms with van der Waals surface area (Å²) in [6.45, 7) is 6.08. The van der Waals surface area contributed by atoms with E-state index < -0.39 is 0 Å². The van der Waals surface area contributed by atoms with E-state index in [1.165, 1.54) is 5.01 Å². The summed E-state index contributed by atoms with van der Waals surface area (Å²) in [6, 6.07) is 0. The molecule has 17 heavy (non-hydrogen) atoms. The van der Waals surface area contributed by atoms with Crippen LogP contribution >= 0.6 is 22.9 Å². The van der Waals surface area contributed by atoms with E-state index in [0.717, 1.165) is 44.8 Å². The summed E-state index contributed by atoms with van der Waals surface area (Å²) in [4.78, 5) is 6.94. The number of ether oxygens (including phenoxy) is 1. The Morgan fingerprint density at radius 2 is 2.29 bits per heavy atom. The maximum absolute atomic E-state index is 5.75. The first-order valence-electron chi connectivity index (χ1n) is 6.15. The van der Waals surface area contributed by atoms with Crippen molar-refractivity contribution in [2.24, 2.45) is 0 Å². The summed E-state index contributed by atoms with van der Waals surface area (Å²) in [7, 11) is 0. The lowest BCUT2D eigenvalue weighted by atomic mass is 10.1. The van der Waals surface area contributed by atoms with Crippen molar-refractivity contribution in [2.75, 3.05) is 19.7 Å². The predicted octanol–water partition coefficient (Wildman–Crippen LogP) is 2.88. The fourth-order valence-corrected chi connectivity index (χ4v) is 3.21. The van der Waals surface area contributed by atoms with Crippen LogP contribution in [0.3, 0.4) is 0 Å². The monoisotopic (exact) mass is 274 g/mol. The summed E-state index contributed by atoms with van der Waals surface area (Å²) in [5.41, 5.74) is 0.996. The first-order chi connectivity index (χ1) is 8.31. The second kappa shape index (κ2) is 6.69. The molecule has 2 heterocycles. The fourth-order valence-electron chi connectivity index (χ4n) is 2.14. The third-order valence-corrected chi connectivity index (χ3v) is 4.19. The molecule has 3 nitrogen and oxygen atoms in total. The van der Waals surface area contributed by atoms with Crippen LogP contribution in [0, 0.1) is 0 Å². The molecule has 0 unspecified atom stereocenters. The molecule has 0 spiro atoms. The second-order valence-electron chi connectivity index (χ2n) is 4.30. The Morgan fingerprint density at radius 3 is 2.88 bits per heavy atom. The van der Waals surface area contributed by atoms with Crippen LogP contribution in [-0.4, -0.2) is 35.7 Å². The standard InChI is InChI=1S/C12H19ClN2OS/c1-2-16-11-3-5-15(6-4-11)8-12-14-10(7-13)9-17-12/h9,11H,2-8H2,1H3. The number of thiazole rings is 1. The molecule has 1 aromatic rings. The molecule has 0 radical (unpaired) electrons. The molecule has 1 aliphatic heterocycles. The van der Waals surface area contributed by atoms with E-state index in [0.29, 0.717) is 12.0 Å². The average Bonchev–Trinajstić information content (AvgIpc) is 2.80. The molecular formula is C12H19ClN2OS. The van der Waals surface area contributed by atoms with Gasteiger partial charge in [0, 0.05) is 25.1 Å². The Hall–Kier alpha value is -0.160. The minimum Gasteiger partial charge on any atom is -0.378 e. The number of hydrogen-bond acceptors (Lipinski definition) is 4. The maximum Gasteiger partial charge on any atom is 0.107 e. The fraction of sp³-hybridized carbons (Fsp3) is 0.750. The Kier molecular flexibility index (Phi) is 5.22.